The van der Waals surface area contributed by atoms with E-state index < -0.39 is 6.09 Å². The van der Waals surface area contributed by atoms with Crippen molar-refractivity contribution in [1.29, 1.82) is 0 Å². The van der Waals surface area contributed by atoms with Crippen LogP contribution in [0.3, 0.4) is 0 Å². The van der Waals surface area contributed by atoms with Gasteiger partial charge in [-0.1, -0.05) is 31.2 Å². The number of nitrogens with one attached hydrogen (secondary N) is 1. The molecule has 0 bridgehead atoms. The number of benzene rings is 2. The molecule has 0 atom stereocenters. The second kappa shape index (κ2) is 9.25. The van der Waals surface area contributed by atoms with Crippen LogP contribution in [0.25, 0.3) is 10.4 Å². The van der Waals surface area contributed by atoms with Gasteiger partial charge in [0.25, 0.3) is 5.91 Å². The Kier molecular flexibility index (Phi) is 6.51. The standard InChI is InChI=1S/C22H23N3O3S/c1-2-11-25(22(27)28)14-15-5-7-16(8-6-15)21(26)24-19-13-17(9-10-18(19)23)20-4-3-12-29-20/h3-10,12-13H,2,11,14,23H2,1H3,(H,24,26)(H,27,28). The molecule has 1 aromatic heterocycles. The average Bonchev–Trinajstić information content (AvgIpc) is 3.24. The summed E-state index contributed by atoms with van der Waals surface area (Å²) in [6.45, 7) is 2.70. The molecule has 0 radical (unpaired) electrons. The van der Waals surface area contributed by atoms with Crippen LogP contribution < -0.4 is 11.1 Å². The zero-order valence-corrected chi connectivity index (χ0v) is 16.9. The molecular weight excluding hydrogens is 386 g/mol. The van der Waals surface area contributed by atoms with Gasteiger partial charge in [-0.15, -0.1) is 11.3 Å². The van der Waals surface area contributed by atoms with Crippen molar-refractivity contribution < 1.29 is 14.7 Å². The summed E-state index contributed by atoms with van der Waals surface area (Å²) >= 11 is 1.62. The van der Waals surface area contributed by atoms with Crippen molar-refractivity contribution in [2.24, 2.45) is 0 Å². The maximum atomic E-state index is 12.6. The van der Waals surface area contributed by atoms with E-state index in [0.717, 1.165) is 22.4 Å². The van der Waals surface area contributed by atoms with Crippen molar-refractivity contribution >= 4 is 34.7 Å². The Morgan fingerprint density at radius 1 is 1.14 bits per heavy atom. The highest BCUT2D eigenvalue weighted by Gasteiger charge is 2.13. The Balaban J connectivity index is 1.71. The number of carboxylic acid groups (broad SMARTS) is 1. The Hall–Kier alpha value is -3.32. The monoisotopic (exact) mass is 409 g/mol. The zero-order chi connectivity index (χ0) is 20.8. The van der Waals surface area contributed by atoms with Gasteiger partial charge < -0.3 is 21.1 Å². The fraction of sp³-hybridized carbons (Fsp3) is 0.182. The molecule has 2 amide bonds. The predicted molar refractivity (Wildman–Crippen MR) is 117 cm³/mol. The summed E-state index contributed by atoms with van der Waals surface area (Å²) in [6.07, 6.45) is -0.201. The van der Waals surface area contributed by atoms with Crippen molar-refractivity contribution in [3.8, 4) is 10.4 Å². The van der Waals surface area contributed by atoms with E-state index in [2.05, 4.69) is 5.32 Å². The van der Waals surface area contributed by atoms with Crippen LogP contribution in [0, 0.1) is 0 Å². The molecule has 0 saturated heterocycles. The summed E-state index contributed by atoms with van der Waals surface area (Å²) in [5.41, 5.74) is 9.38. The number of amides is 2. The number of nitrogens with two attached hydrogens (primary N) is 1. The summed E-state index contributed by atoms with van der Waals surface area (Å²) in [7, 11) is 0. The van der Waals surface area contributed by atoms with E-state index in [1.165, 1.54) is 4.90 Å². The lowest BCUT2D eigenvalue weighted by atomic mass is 10.1. The second-order valence-electron chi connectivity index (χ2n) is 6.63. The summed E-state index contributed by atoms with van der Waals surface area (Å²) in [5, 5.41) is 14.1. The Labute approximate surface area is 173 Å². The largest absolute Gasteiger partial charge is 0.465 e. The van der Waals surface area contributed by atoms with Crippen LogP contribution in [0.4, 0.5) is 16.2 Å². The third-order valence-corrected chi connectivity index (χ3v) is 5.38. The smallest absolute Gasteiger partial charge is 0.407 e. The summed E-state index contributed by atoms with van der Waals surface area (Å²) in [5.74, 6) is -0.268. The fourth-order valence-electron chi connectivity index (χ4n) is 2.95. The number of anilines is 2. The van der Waals surface area contributed by atoms with Crippen LogP contribution in [0.1, 0.15) is 29.3 Å². The minimum atomic E-state index is -0.949. The van der Waals surface area contributed by atoms with Crippen LogP contribution in [-0.2, 0) is 6.54 Å². The molecule has 3 aromatic rings. The van der Waals surface area contributed by atoms with E-state index in [-0.39, 0.29) is 5.91 Å². The fourth-order valence-corrected chi connectivity index (χ4v) is 3.67. The molecule has 7 heteroatoms. The number of carbonyl (C=O) groups excluding carboxylic acids is 1. The van der Waals surface area contributed by atoms with Gasteiger partial charge in [-0.25, -0.2) is 4.79 Å². The topological polar surface area (TPSA) is 95.7 Å². The Morgan fingerprint density at radius 2 is 1.90 bits per heavy atom. The predicted octanol–water partition coefficient (Wildman–Crippen LogP) is 5.14. The maximum absolute atomic E-state index is 12.6. The van der Waals surface area contributed by atoms with Gasteiger partial charge in [-0.05, 0) is 53.3 Å². The number of nitrogen functional groups attached to an aromatic ring is 1. The Morgan fingerprint density at radius 3 is 2.52 bits per heavy atom. The third-order valence-electron chi connectivity index (χ3n) is 4.46. The van der Waals surface area contributed by atoms with E-state index in [1.54, 1.807) is 41.7 Å². The van der Waals surface area contributed by atoms with Gasteiger partial charge in [0.1, 0.15) is 0 Å². The Bertz CT molecular complexity index is 985. The lowest BCUT2D eigenvalue weighted by molar-refractivity contribution is 0.102. The van der Waals surface area contributed by atoms with E-state index in [1.807, 2.05) is 36.6 Å². The number of nitrogens with zero attached hydrogens (tertiary/aromatic N) is 1. The van der Waals surface area contributed by atoms with Crippen molar-refractivity contribution in [2.45, 2.75) is 19.9 Å². The molecule has 29 heavy (non-hydrogen) atoms. The zero-order valence-electron chi connectivity index (χ0n) is 16.1. The van der Waals surface area contributed by atoms with Crippen LogP contribution >= 0.6 is 11.3 Å². The van der Waals surface area contributed by atoms with Crippen molar-refractivity contribution in [1.82, 2.24) is 4.90 Å². The van der Waals surface area contributed by atoms with E-state index in [0.29, 0.717) is 30.0 Å². The molecule has 0 fully saturated rings. The normalized spacial score (nSPS) is 10.5. The quantitative estimate of drug-likeness (QED) is 0.471. The SMILES string of the molecule is CCCN(Cc1ccc(C(=O)Nc2cc(-c3cccs3)ccc2N)cc1)C(=O)O. The molecule has 0 spiro atoms. The van der Waals surface area contributed by atoms with Gasteiger partial charge in [-0.2, -0.15) is 0 Å². The van der Waals surface area contributed by atoms with Gasteiger partial charge in [-0.3, -0.25) is 4.79 Å². The second-order valence-corrected chi connectivity index (χ2v) is 7.58. The summed E-state index contributed by atoms with van der Waals surface area (Å²) in [6, 6.07) is 16.5. The van der Waals surface area contributed by atoms with Gasteiger partial charge >= 0.3 is 6.09 Å². The average molecular weight is 410 g/mol. The first-order valence-electron chi connectivity index (χ1n) is 9.29. The molecule has 6 nitrogen and oxygen atoms in total. The van der Waals surface area contributed by atoms with Crippen molar-refractivity contribution in [3.05, 3.63) is 71.1 Å². The molecule has 3 rings (SSSR count). The first-order valence-corrected chi connectivity index (χ1v) is 10.2. The summed E-state index contributed by atoms with van der Waals surface area (Å²) < 4.78 is 0. The van der Waals surface area contributed by atoms with E-state index in [4.69, 9.17) is 5.73 Å². The van der Waals surface area contributed by atoms with E-state index in [9.17, 15) is 14.7 Å². The number of thiophene rings is 1. The molecule has 0 aliphatic carbocycles. The number of hydrogen-bond donors (Lipinski definition) is 3. The third kappa shape index (κ3) is 5.14. The maximum Gasteiger partial charge on any atom is 0.407 e. The highest BCUT2D eigenvalue weighted by atomic mass is 32.1. The van der Waals surface area contributed by atoms with Crippen molar-refractivity contribution in [3.63, 3.8) is 0 Å². The molecule has 0 saturated carbocycles. The molecule has 4 N–H and O–H groups in total. The van der Waals surface area contributed by atoms with Crippen molar-refractivity contribution in [2.75, 3.05) is 17.6 Å². The van der Waals surface area contributed by atoms with Gasteiger partial charge in [0.2, 0.25) is 0 Å². The van der Waals surface area contributed by atoms with Crippen LogP contribution in [0.15, 0.2) is 60.0 Å². The number of carbonyl (C=O) groups is 2. The lowest BCUT2D eigenvalue weighted by Crippen LogP contribution is -2.29. The first kappa shape index (κ1) is 20.4. The highest BCUT2D eigenvalue weighted by Crippen LogP contribution is 2.30. The highest BCUT2D eigenvalue weighted by molar-refractivity contribution is 7.13. The molecule has 150 valence electrons. The van der Waals surface area contributed by atoms with Gasteiger partial charge in [0.15, 0.2) is 0 Å². The minimum Gasteiger partial charge on any atom is -0.465 e. The van der Waals surface area contributed by atoms with Gasteiger partial charge in [0.05, 0.1) is 11.4 Å². The number of hydrogen-bond acceptors (Lipinski definition) is 4. The molecule has 1 heterocycles. The minimum absolute atomic E-state index is 0.268. The van der Waals surface area contributed by atoms with Gasteiger partial charge in [0, 0.05) is 23.5 Å². The molecule has 0 aliphatic heterocycles. The summed E-state index contributed by atoms with van der Waals surface area (Å²) in [4.78, 5) is 26.4. The number of rotatable bonds is 7. The molecule has 2 aromatic carbocycles. The lowest BCUT2D eigenvalue weighted by Gasteiger charge is -2.18. The molecular formula is C22H23N3O3S. The van der Waals surface area contributed by atoms with Crippen LogP contribution in [-0.4, -0.2) is 28.6 Å². The first-order chi connectivity index (χ1) is 14.0. The van der Waals surface area contributed by atoms with Crippen LogP contribution in [0.5, 0.6) is 0 Å². The van der Waals surface area contributed by atoms with Crippen LogP contribution in [0.2, 0.25) is 0 Å². The van der Waals surface area contributed by atoms with E-state index >= 15 is 0 Å². The molecule has 0 unspecified atom stereocenters. The molecule has 0 aliphatic rings.